The minimum atomic E-state index is -0.836. The van der Waals surface area contributed by atoms with Gasteiger partial charge in [0.05, 0.1) is 12.1 Å². The van der Waals surface area contributed by atoms with E-state index in [1.807, 2.05) is 0 Å². The molecule has 0 heterocycles. The second-order valence-corrected chi connectivity index (χ2v) is 4.88. The van der Waals surface area contributed by atoms with Gasteiger partial charge in [-0.25, -0.2) is 0 Å². The second-order valence-electron chi connectivity index (χ2n) is 4.88. The van der Waals surface area contributed by atoms with E-state index in [0.29, 0.717) is 6.54 Å². The molecule has 0 unspecified atom stereocenters. The highest BCUT2D eigenvalue weighted by Crippen LogP contribution is 2.24. The van der Waals surface area contributed by atoms with Crippen molar-refractivity contribution in [3.63, 3.8) is 0 Å². The molecule has 0 bridgehead atoms. The van der Waals surface area contributed by atoms with Crippen LogP contribution in [0.25, 0.3) is 0 Å². The van der Waals surface area contributed by atoms with Gasteiger partial charge in [-0.3, -0.25) is 4.79 Å². The summed E-state index contributed by atoms with van der Waals surface area (Å²) >= 11 is 0. The molecule has 3 N–H and O–H groups in total. The van der Waals surface area contributed by atoms with Gasteiger partial charge < -0.3 is 15.7 Å². The first kappa shape index (κ1) is 12.5. The molecule has 15 heavy (non-hydrogen) atoms. The van der Waals surface area contributed by atoms with E-state index in [1.54, 1.807) is 18.7 Å². The summed E-state index contributed by atoms with van der Waals surface area (Å²) in [5.41, 5.74) is 4.97. The normalized spacial score (nSPS) is 18.1. The second kappa shape index (κ2) is 4.94. The van der Waals surface area contributed by atoms with E-state index in [-0.39, 0.29) is 18.6 Å². The predicted octanol–water partition coefficient (Wildman–Crippen LogP) is 0.487. The highest BCUT2D eigenvalue weighted by Gasteiger charge is 2.33. The third-order valence-corrected chi connectivity index (χ3v) is 2.92. The number of hydrogen-bond donors (Lipinski definition) is 2. The average molecular weight is 214 g/mol. The summed E-state index contributed by atoms with van der Waals surface area (Å²) < 4.78 is 0. The van der Waals surface area contributed by atoms with Gasteiger partial charge in [0.1, 0.15) is 0 Å². The van der Waals surface area contributed by atoms with Crippen LogP contribution in [-0.4, -0.2) is 40.6 Å². The molecule has 1 aliphatic carbocycles. The molecule has 0 saturated heterocycles. The van der Waals surface area contributed by atoms with Gasteiger partial charge in [0.25, 0.3) is 0 Å². The van der Waals surface area contributed by atoms with Crippen LogP contribution in [0.4, 0.5) is 0 Å². The average Bonchev–Trinajstić information content (AvgIpc) is 2.64. The first-order valence-corrected chi connectivity index (χ1v) is 5.67. The summed E-state index contributed by atoms with van der Waals surface area (Å²) in [7, 11) is 0. The number of carbonyl (C=O) groups excluding carboxylic acids is 1. The molecule has 0 aromatic carbocycles. The molecule has 1 saturated carbocycles. The van der Waals surface area contributed by atoms with Crippen LogP contribution >= 0.6 is 0 Å². The maximum absolute atomic E-state index is 12.0. The van der Waals surface area contributed by atoms with Crippen LogP contribution in [0.2, 0.25) is 0 Å². The van der Waals surface area contributed by atoms with Crippen LogP contribution < -0.4 is 5.73 Å². The van der Waals surface area contributed by atoms with Crippen molar-refractivity contribution in [2.24, 2.45) is 5.73 Å². The van der Waals surface area contributed by atoms with Crippen molar-refractivity contribution >= 4 is 5.91 Å². The summed E-state index contributed by atoms with van der Waals surface area (Å²) in [6, 6.07) is 0.285. The lowest BCUT2D eigenvalue weighted by molar-refractivity contribution is -0.138. The Hall–Kier alpha value is -0.610. The fourth-order valence-corrected chi connectivity index (χ4v) is 2.14. The SMILES string of the molecule is CC(C)(N)C(=O)N(CCO)C1CCCC1. The van der Waals surface area contributed by atoms with Crippen LogP contribution in [0.3, 0.4) is 0 Å². The van der Waals surface area contributed by atoms with Crippen LogP contribution in [0.15, 0.2) is 0 Å². The highest BCUT2D eigenvalue weighted by atomic mass is 16.3. The van der Waals surface area contributed by atoms with Crippen LogP contribution in [0.1, 0.15) is 39.5 Å². The van der Waals surface area contributed by atoms with E-state index in [9.17, 15) is 4.79 Å². The summed E-state index contributed by atoms with van der Waals surface area (Å²) in [4.78, 5) is 13.8. The molecule has 1 fully saturated rings. The Kier molecular flexibility index (Phi) is 4.11. The van der Waals surface area contributed by atoms with E-state index in [0.717, 1.165) is 12.8 Å². The topological polar surface area (TPSA) is 66.6 Å². The fraction of sp³-hybridized carbons (Fsp3) is 0.909. The minimum Gasteiger partial charge on any atom is -0.395 e. The number of rotatable bonds is 4. The molecule has 0 atom stereocenters. The smallest absolute Gasteiger partial charge is 0.242 e. The predicted molar refractivity (Wildman–Crippen MR) is 59.3 cm³/mol. The molecule has 0 aliphatic heterocycles. The fourth-order valence-electron chi connectivity index (χ4n) is 2.14. The van der Waals surface area contributed by atoms with Gasteiger partial charge in [0.15, 0.2) is 0 Å². The molecular weight excluding hydrogens is 192 g/mol. The summed E-state index contributed by atoms with van der Waals surface area (Å²) in [6.45, 7) is 3.85. The van der Waals surface area contributed by atoms with E-state index in [1.165, 1.54) is 12.8 Å². The molecule has 1 amide bonds. The van der Waals surface area contributed by atoms with Crippen molar-refractivity contribution in [3.05, 3.63) is 0 Å². The largest absolute Gasteiger partial charge is 0.395 e. The van der Waals surface area contributed by atoms with Crippen molar-refractivity contribution in [2.45, 2.75) is 51.1 Å². The van der Waals surface area contributed by atoms with Gasteiger partial charge in [-0.15, -0.1) is 0 Å². The standard InChI is InChI=1S/C11H22N2O2/c1-11(2,12)10(15)13(7-8-14)9-5-3-4-6-9/h9,14H,3-8,12H2,1-2H3. The molecule has 0 aromatic rings. The molecule has 0 radical (unpaired) electrons. The minimum absolute atomic E-state index is 0.0122. The van der Waals surface area contributed by atoms with Crippen molar-refractivity contribution < 1.29 is 9.90 Å². The number of nitrogens with zero attached hydrogens (tertiary/aromatic N) is 1. The van der Waals surface area contributed by atoms with E-state index in [2.05, 4.69) is 0 Å². The number of carbonyl (C=O) groups is 1. The van der Waals surface area contributed by atoms with E-state index in [4.69, 9.17) is 10.8 Å². The zero-order valence-corrected chi connectivity index (χ0v) is 9.70. The molecule has 4 heteroatoms. The highest BCUT2D eigenvalue weighted by molar-refractivity contribution is 5.85. The van der Waals surface area contributed by atoms with Crippen molar-refractivity contribution in [1.29, 1.82) is 0 Å². The molecule has 1 aliphatic rings. The van der Waals surface area contributed by atoms with Crippen LogP contribution in [0, 0.1) is 0 Å². The summed E-state index contributed by atoms with van der Waals surface area (Å²) in [5, 5.41) is 8.98. The van der Waals surface area contributed by atoms with Gasteiger partial charge in [-0.1, -0.05) is 12.8 Å². The van der Waals surface area contributed by atoms with Gasteiger partial charge in [0, 0.05) is 12.6 Å². The Morgan fingerprint density at radius 1 is 1.47 bits per heavy atom. The third kappa shape index (κ3) is 3.18. The summed E-state index contributed by atoms with van der Waals surface area (Å²) in [5.74, 6) is -0.0524. The Morgan fingerprint density at radius 3 is 2.40 bits per heavy atom. The zero-order valence-electron chi connectivity index (χ0n) is 9.70. The van der Waals surface area contributed by atoms with Crippen LogP contribution in [-0.2, 0) is 4.79 Å². The molecule has 0 aromatic heterocycles. The lowest BCUT2D eigenvalue weighted by Gasteiger charge is -2.33. The van der Waals surface area contributed by atoms with Gasteiger partial charge in [-0.2, -0.15) is 0 Å². The number of aliphatic hydroxyl groups excluding tert-OH is 1. The van der Waals surface area contributed by atoms with E-state index >= 15 is 0 Å². The Bertz CT molecular complexity index is 217. The first-order valence-electron chi connectivity index (χ1n) is 5.67. The Labute approximate surface area is 91.4 Å². The van der Waals surface area contributed by atoms with Gasteiger partial charge in [-0.05, 0) is 26.7 Å². The Balaban J connectivity index is 2.68. The molecule has 0 spiro atoms. The maximum atomic E-state index is 12.0. The molecule has 1 rings (SSSR count). The third-order valence-electron chi connectivity index (χ3n) is 2.92. The van der Waals surface area contributed by atoms with Crippen molar-refractivity contribution in [3.8, 4) is 0 Å². The maximum Gasteiger partial charge on any atom is 0.242 e. The summed E-state index contributed by atoms with van der Waals surface area (Å²) in [6.07, 6.45) is 4.43. The van der Waals surface area contributed by atoms with Crippen molar-refractivity contribution in [1.82, 2.24) is 4.90 Å². The van der Waals surface area contributed by atoms with Gasteiger partial charge >= 0.3 is 0 Å². The lowest BCUT2D eigenvalue weighted by atomic mass is 10.0. The Morgan fingerprint density at radius 2 is 2.00 bits per heavy atom. The molecule has 88 valence electrons. The molecular formula is C11H22N2O2. The van der Waals surface area contributed by atoms with Crippen molar-refractivity contribution in [2.75, 3.05) is 13.2 Å². The quantitative estimate of drug-likeness (QED) is 0.715. The molecule has 4 nitrogen and oxygen atoms in total. The number of amides is 1. The van der Waals surface area contributed by atoms with E-state index < -0.39 is 5.54 Å². The number of hydrogen-bond acceptors (Lipinski definition) is 3. The monoisotopic (exact) mass is 214 g/mol. The zero-order chi connectivity index (χ0) is 11.5. The lowest BCUT2D eigenvalue weighted by Crippen LogP contribution is -2.54. The van der Waals surface area contributed by atoms with Crippen LogP contribution in [0.5, 0.6) is 0 Å². The first-order chi connectivity index (χ1) is 6.96. The number of aliphatic hydroxyl groups is 1. The van der Waals surface area contributed by atoms with Gasteiger partial charge in [0.2, 0.25) is 5.91 Å². The number of nitrogens with two attached hydrogens (primary N) is 1.